The third-order valence-electron chi connectivity index (χ3n) is 2.78. The van der Waals surface area contributed by atoms with Crippen molar-refractivity contribution in [2.45, 2.75) is 6.42 Å². The molecule has 0 bridgehead atoms. The highest BCUT2D eigenvalue weighted by Gasteiger charge is 2.02. The first kappa shape index (κ1) is 13.0. The van der Waals surface area contributed by atoms with Crippen LogP contribution in [-0.2, 0) is 13.5 Å². The molecule has 4 nitrogen and oxygen atoms in total. The number of benzene rings is 1. The lowest BCUT2D eigenvalue weighted by Gasteiger charge is -2.09. The predicted octanol–water partition coefficient (Wildman–Crippen LogP) is 2.85. The highest BCUT2D eigenvalue weighted by atomic mass is 79.9. The minimum atomic E-state index is 0.834. The first-order valence-electron chi connectivity index (χ1n) is 5.75. The summed E-state index contributed by atoms with van der Waals surface area (Å²) in [5.74, 6) is 0.834. The molecule has 0 atom stereocenters. The molecule has 1 N–H and O–H groups in total. The lowest BCUT2D eigenvalue weighted by Crippen LogP contribution is -2.08. The third kappa shape index (κ3) is 3.04. The zero-order chi connectivity index (χ0) is 13.0. The Balaban J connectivity index is 1.92. The molecule has 1 aromatic heterocycles. The van der Waals surface area contributed by atoms with E-state index in [2.05, 4.69) is 26.3 Å². The lowest BCUT2D eigenvalue weighted by atomic mass is 10.2. The summed E-state index contributed by atoms with van der Waals surface area (Å²) in [6, 6.07) is 8.01. The van der Waals surface area contributed by atoms with E-state index >= 15 is 0 Å². The fourth-order valence-electron chi connectivity index (χ4n) is 1.75. The Morgan fingerprint density at radius 2 is 2.22 bits per heavy atom. The van der Waals surface area contributed by atoms with Crippen LogP contribution in [0.3, 0.4) is 0 Å². The van der Waals surface area contributed by atoms with E-state index in [1.54, 1.807) is 7.11 Å². The molecule has 1 heterocycles. The Morgan fingerprint density at radius 3 is 2.89 bits per heavy atom. The van der Waals surface area contributed by atoms with Crippen molar-refractivity contribution in [2.24, 2.45) is 7.05 Å². The lowest BCUT2D eigenvalue weighted by molar-refractivity contribution is 0.412. The molecule has 0 radical (unpaired) electrons. The van der Waals surface area contributed by atoms with Crippen LogP contribution in [-0.4, -0.2) is 23.4 Å². The number of nitrogens with zero attached hydrogens (tertiary/aromatic N) is 2. The summed E-state index contributed by atoms with van der Waals surface area (Å²) in [7, 11) is 3.62. The van der Waals surface area contributed by atoms with Gasteiger partial charge in [-0.15, -0.1) is 0 Å². The summed E-state index contributed by atoms with van der Waals surface area (Å²) in [5.41, 5.74) is 2.27. The first-order valence-corrected chi connectivity index (χ1v) is 6.54. The predicted molar refractivity (Wildman–Crippen MR) is 76.1 cm³/mol. The van der Waals surface area contributed by atoms with Crippen molar-refractivity contribution < 1.29 is 4.74 Å². The fraction of sp³-hybridized carbons (Fsp3) is 0.308. The number of hydrogen-bond donors (Lipinski definition) is 1. The molecule has 0 unspecified atom stereocenters. The number of anilines is 1. The zero-order valence-electron chi connectivity index (χ0n) is 10.5. The molecule has 0 aliphatic rings. The Bertz CT molecular complexity index is 525. The van der Waals surface area contributed by atoms with Gasteiger partial charge >= 0.3 is 0 Å². The van der Waals surface area contributed by atoms with Gasteiger partial charge in [-0.3, -0.25) is 4.68 Å². The van der Waals surface area contributed by atoms with Crippen molar-refractivity contribution >= 4 is 21.6 Å². The molecule has 96 valence electrons. The minimum absolute atomic E-state index is 0.834. The van der Waals surface area contributed by atoms with Gasteiger partial charge in [-0.2, -0.15) is 5.10 Å². The van der Waals surface area contributed by atoms with Crippen molar-refractivity contribution in [2.75, 3.05) is 19.0 Å². The van der Waals surface area contributed by atoms with Crippen molar-refractivity contribution in [1.29, 1.82) is 0 Å². The molecule has 0 saturated carbocycles. The third-order valence-corrected chi connectivity index (χ3v) is 3.44. The molecule has 2 rings (SSSR count). The largest absolute Gasteiger partial charge is 0.495 e. The maximum atomic E-state index is 5.26. The van der Waals surface area contributed by atoms with E-state index in [-0.39, 0.29) is 0 Å². The van der Waals surface area contributed by atoms with Gasteiger partial charge in [-0.05, 0) is 34.1 Å². The van der Waals surface area contributed by atoms with Gasteiger partial charge in [0.2, 0.25) is 0 Å². The summed E-state index contributed by atoms with van der Waals surface area (Å²) >= 11 is 3.44. The fourth-order valence-corrected chi connectivity index (χ4v) is 2.16. The van der Waals surface area contributed by atoms with Crippen LogP contribution >= 0.6 is 15.9 Å². The normalized spacial score (nSPS) is 10.4. The van der Waals surface area contributed by atoms with Crippen LogP contribution in [0.1, 0.15) is 5.69 Å². The Hall–Kier alpha value is -1.49. The van der Waals surface area contributed by atoms with Crippen molar-refractivity contribution in [3.63, 3.8) is 0 Å². The van der Waals surface area contributed by atoms with E-state index in [0.717, 1.165) is 28.9 Å². The Kier molecular flexibility index (Phi) is 4.25. The van der Waals surface area contributed by atoms with Crippen LogP contribution in [0.2, 0.25) is 0 Å². The van der Waals surface area contributed by atoms with Gasteiger partial charge in [-0.25, -0.2) is 0 Å². The smallest absolute Gasteiger partial charge is 0.135 e. The second-order valence-electron chi connectivity index (χ2n) is 3.97. The van der Waals surface area contributed by atoms with Crippen LogP contribution in [0.15, 0.2) is 34.9 Å². The number of hydrogen-bond acceptors (Lipinski definition) is 3. The standard InChI is InChI=1S/C13H16BrN3O/c1-17-11(6-8-16-17)5-7-15-10-3-4-12(14)13(9-10)18-2/h3-4,6,8-9,15H,5,7H2,1-2H3. The van der Waals surface area contributed by atoms with Crippen molar-refractivity contribution in [1.82, 2.24) is 9.78 Å². The second kappa shape index (κ2) is 5.91. The molecule has 18 heavy (non-hydrogen) atoms. The SMILES string of the molecule is COc1cc(NCCc2ccnn2C)ccc1Br. The highest BCUT2D eigenvalue weighted by molar-refractivity contribution is 9.10. The number of nitrogens with one attached hydrogen (secondary N) is 1. The Labute approximate surface area is 115 Å². The molecular formula is C13H16BrN3O. The summed E-state index contributed by atoms with van der Waals surface area (Å²) < 4.78 is 8.11. The van der Waals surface area contributed by atoms with E-state index in [9.17, 15) is 0 Å². The minimum Gasteiger partial charge on any atom is -0.495 e. The van der Waals surface area contributed by atoms with E-state index < -0.39 is 0 Å². The average Bonchev–Trinajstić information content (AvgIpc) is 2.77. The quantitative estimate of drug-likeness (QED) is 0.923. The molecule has 0 aliphatic carbocycles. The zero-order valence-corrected chi connectivity index (χ0v) is 12.1. The van der Waals surface area contributed by atoms with E-state index in [1.165, 1.54) is 5.69 Å². The highest BCUT2D eigenvalue weighted by Crippen LogP contribution is 2.27. The molecule has 0 fully saturated rings. The van der Waals surface area contributed by atoms with Gasteiger partial charge in [0.05, 0.1) is 11.6 Å². The maximum absolute atomic E-state index is 5.26. The van der Waals surface area contributed by atoms with Gasteiger partial charge in [0.25, 0.3) is 0 Å². The number of ether oxygens (including phenoxy) is 1. The maximum Gasteiger partial charge on any atom is 0.135 e. The molecule has 5 heteroatoms. The second-order valence-corrected chi connectivity index (χ2v) is 4.83. The topological polar surface area (TPSA) is 39.1 Å². The summed E-state index contributed by atoms with van der Waals surface area (Å²) in [6.45, 7) is 0.865. The van der Waals surface area contributed by atoms with E-state index in [4.69, 9.17) is 4.74 Å². The van der Waals surface area contributed by atoms with Gasteiger partial charge < -0.3 is 10.1 Å². The molecule has 2 aromatic rings. The summed E-state index contributed by atoms with van der Waals surface area (Å²) in [6.07, 6.45) is 2.76. The monoisotopic (exact) mass is 309 g/mol. The first-order chi connectivity index (χ1) is 8.70. The van der Waals surface area contributed by atoms with E-state index in [1.807, 2.05) is 42.2 Å². The van der Waals surface area contributed by atoms with Crippen molar-refractivity contribution in [3.05, 3.63) is 40.6 Å². The van der Waals surface area contributed by atoms with Crippen LogP contribution < -0.4 is 10.1 Å². The van der Waals surface area contributed by atoms with Gasteiger partial charge in [-0.1, -0.05) is 0 Å². The molecule has 0 spiro atoms. The van der Waals surface area contributed by atoms with Gasteiger partial charge in [0, 0.05) is 43.7 Å². The van der Waals surface area contributed by atoms with E-state index in [0.29, 0.717) is 0 Å². The van der Waals surface area contributed by atoms with Gasteiger partial charge in [0.1, 0.15) is 5.75 Å². The molecule has 1 aromatic carbocycles. The molecular weight excluding hydrogens is 294 g/mol. The van der Waals surface area contributed by atoms with Gasteiger partial charge in [0.15, 0.2) is 0 Å². The van der Waals surface area contributed by atoms with Crippen LogP contribution in [0, 0.1) is 0 Å². The molecule has 0 aliphatic heterocycles. The number of halogens is 1. The number of aryl methyl sites for hydroxylation is 1. The molecule has 0 saturated heterocycles. The number of aromatic nitrogens is 2. The van der Waals surface area contributed by atoms with Crippen LogP contribution in [0.4, 0.5) is 5.69 Å². The summed E-state index contributed by atoms with van der Waals surface area (Å²) in [4.78, 5) is 0. The average molecular weight is 310 g/mol. The molecule has 0 amide bonds. The summed E-state index contributed by atoms with van der Waals surface area (Å²) in [5, 5.41) is 7.51. The van der Waals surface area contributed by atoms with Crippen LogP contribution in [0.5, 0.6) is 5.75 Å². The van der Waals surface area contributed by atoms with Crippen molar-refractivity contribution in [3.8, 4) is 5.75 Å². The number of methoxy groups -OCH3 is 1. The Morgan fingerprint density at radius 1 is 1.39 bits per heavy atom. The van der Waals surface area contributed by atoms with Crippen LogP contribution in [0.25, 0.3) is 0 Å². The number of rotatable bonds is 5.